The highest BCUT2D eigenvalue weighted by molar-refractivity contribution is 6.04. The molecule has 3 N–H and O–H groups in total. The number of nitrogens with one attached hydrogen (secondary N) is 3. The molecule has 98 valence electrons. The molecule has 9 heteroatoms. The minimum absolute atomic E-state index is 0.0213. The maximum Gasteiger partial charge on any atom is 0.339 e. The van der Waals surface area contributed by atoms with Crippen LogP contribution in [0.3, 0.4) is 0 Å². The minimum Gasteiger partial charge on any atom is -0.465 e. The summed E-state index contributed by atoms with van der Waals surface area (Å²) >= 11 is 0. The van der Waals surface area contributed by atoms with Crippen molar-refractivity contribution in [1.29, 1.82) is 0 Å². The average molecular weight is 262 g/mol. The third-order valence-electron chi connectivity index (χ3n) is 2.15. The van der Waals surface area contributed by atoms with E-state index in [1.165, 1.54) is 13.2 Å². The molecule has 0 aliphatic carbocycles. The van der Waals surface area contributed by atoms with Gasteiger partial charge < -0.3 is 10.1 Å². The molecule has 2 rings (SSSR count). The van der Waals surface area contributed by atoms with Crippen molar-refractivity contribution in [2.45, 2.75) is 0 Å². The lowest BCUT2D eigenvalue weighted by Gasteiger charge is -2.08. The molecule has 9 nitrogen and oxygen atoms in total. The van der Waals surface area contributed by atoms with E-state index in [-0.39, 0.29) is 11.5 Å². The number of carbonyl (C=O) groups excluding carboxylic acids is 2. The lowest BCUT2D eigenvalue weighted by Crippen LogP contribution is -2.21. The van der Waals surface area contributed by atoms with Gasteiger partial charge in [0.25, 0.3) is 5.95 Å². The molecule has 0 unspecified atom stereocenters. The molecular weight excluding hydrogens is 252 g/mol. The largest absolute Gasteiger partial charge is 0.465 e. The van der Waals surface area contributed by atoms with Crippen LogP contribution in [-0.2, 0) is 4.74 Å². The quantitative estimate of drug-likeness (QED) is 0.697. The molecule has 2 amide bonds. The number of carbonyl (C=O) groups is 2. The van der Waals surface area contributed by atoms with E-state index in [0.29, 0.717) is 5.69 Å². The van der Waals surface area contributed by atoms with Crippen molar-refractivity contribution >= 4 is 23.6 Å². The zero-order valence-corrected chi connectivity index (χ0v) is 9.88. The molecule has 0 radical (unpaired) electrons. The number of benzene rings is 1. The summed E-state index contributed by atoms with van der Waals surface area (Å²) in [4.78, 5) is 23.1. The van der Waals surface area contributed by atoms with Gasteiger partial charge >= 0.3 is 12.0 Å². The Labute approximate surface area is 107 Å². The SMILES string of the molecule is COC(=O)c1ccccc1NC(=O)Nc1nn[nH]n1. The number of aromatic nitrogens is 4. The monoisotopic (exact) mass is 262 g/mol. The summed E-state index contributed by atoms with van der Waals surface area (Å²) in [6.45, 7) is 0. The summed E-state index contributed by atoms with van der Waals surface area (Å²) in [5, 5.41) is 17.4. The molecule has 2 aromatic rings. The number of ether oxygens (including phenoxy) is 1. The molecule has 1 aromatic carbocycles. The fraction of sp³-hybridized carbons (Fsp3) is 0.100. The van der Waals surface area contributed by atoms with Crippen LogP contribution in [0.15, 0.2) is 24.3 Å². The van der Waals surface area contributed by atoms with Crippen LogP contribution < -0.4 is 10.6 Å². The Kier molecular flexibility index (Phi) is 3.67. The number of aromatic amines is 1. The topological polar surface area (TPSA) is 122 Å². The van der Waals surface area contributed by atoms with Gasteiger partial charge in [-0.1, -0.05) is 17.2 Å². The van der Waals surface area contributed by atoms with Crippen LogP contribution in [0.4, 0.5) is 16.4 Å². The maximum absolute atomic E-state index is 11.6. The summed E-state index contributed by atoms with van der Waals surface area (Å²) in [6.07, 6.45) is 0. The summed E-state index contributed by atoms with van der Waals surface area (Å²) in [7, 11) is 1.26. The van der Waals surface area contributed by atoms with Crippen molar-refractivity contribution in [3.8, 4) is 0 Å². The van der Waals surface area contributed by atoms with Crippen molar-refractivity contribution in [3.05, 3.63) is 29.8 Å². The van der Waals surface area contributed by atoms with Crippen molar-refractivity contribution in [1.82, 2.24) is 20.6 Å². The fourth-order valence-corrected chi connectivity index (χ4v) is 1.35. The molecule has 19 heavy (non-hydrogen) atoms. The predicted molar refractivity (Wildman–Crippen MR) is 64.6 cm³/mol. The highest BCUT2D eigenvalue weighted by Crippen LogP contribution is 2.16. The lowest BCUT2D eigenvalue weighted by molar-refractivity contribution is 0.0602. The summed E-state index contributed by atoms with van der Waals surface area (Å²) in [5.41, 5.74) is 0.559. The Bertz CT molecular complexity index is 583. The number of urea groups is 1. The van der Waals surface area contributed by atoms with Crippen molar-refractivity contribution < 1.29 is 14.3 Å². The molecule has 0 aliphatic rings. The Morgan fingerprint density at radius 2 is 2.05 bits per heavy atom. The summed E-state index contributed by atoms with van der Waals surface area (Å²) < 4.78 is 4.61. The molecule has 0 bridgehead atoms. The minimum atomic E-state index is -0.599. The lowest BCUT2D eigenvalue weighted by atomic mass is 10.2. The van der Waals surface area contributed by atoms with E-state index in [9.17, 15) is 9.59 Å². The molecule has 0 atom stereocenters. The average Bonchev–Trinajstić information content (AvgIpc) is 2.91. The molecule has 1 aromatic heterocycles. The van der Waals surface area contributed by atoms with Crippen LogP contribution in [0, 0.1) is 0 Å². The Morgan fingerprint density at radius 3 is 2.74 bits per heavy atom. The van der Waals surface area contributed by atoms with Gasteiger partial charge in [0.15, 0.2) is 0 Å². The summed E-state index contributed by atoms with van der Waals surface area (Å²) in [5.74, 6) is -0.525. The van der Waals surface area contributed by atoms with Crippen LogP contribution >= 0.6 is 0 Å². The van der Waals surface area contributed by atoms with Gasteiger partial charge in [0.2, 0.25) is 0 Å². The van der Waals surface area contributed by atoms with Crippen molar-refractivity contribution in [2.24, 2.45) is 0 Å². The standard InChI is InChI=1S/C10H10N6O3/c1-19-8(17)6-4-2-3-5-7(6)11-10(18)12-9-13-15-16-14-9/h2-5H,1H3,(H3,11,12,13,14,15,16,18). The van der Waals surface area contributed by atoms with Gasteiger partial charge in [-0.15, -0.1) is 5.10 Å². The number of hydrogen-bond donors (Lipinski definition) is 3. The molecule has 0 aliphatic heterocycles. The Morgan fingerprint density at radius 1 is 1.26 bits per heavy atom. The first-order valence-corrected chi connectivity index (χ1v) is 5.19. The third kappa shape index (κ3) is 3.03. The Hall–Kier alpha value is -2.97. The van der Waals surface area contributed by atoms with E-state index in [2.05, 4.69) is 36.0 Å². The number of para-hydroxylation sites is 1. The van der Waals surface area contributed by atoms with Crippen LogP contribution in [-0.4, -0.2) is 39.7 Å². The number of methoxy groups -OCH3 is 1. The van der Waals surface area contributed by atoms with E-state index in [0.717, 1.165) is 0 Å². The van der Waals surface area contributed by atoms with E-state index in [4.69, 9.17) is 0 Å². The van der Waals surface area contributed by atoms with Crippen molar-refractivity contribution in [2.75, 3.05) is 17.7 Å². The predicted octanol–water partition coefficient (Wildman–Crippen LogP) is 0.630. The maximum atomic E-state index is 11.6. The second kappa shape index (κ2) is 5.58. The number of tetrazole rings is 1. The van der Waals surface area contributed by atoms with E-state index >= 15 is 0 Å². The van der Waals surface area contributed by atoms with Gasteiger partial charge in [0.1, 0.15) is 0 Å². The van der Waals surface area contributed by atoms with Crippen LogP contribution in [0.5, 0.6) is 0 Å². The third-order valence-corrected chi connectivity index (χ3v) is 2.15. The van der Waals surface area contributed by atoms with Crippen LogP contribution in [0.25, 0.3) is 0 Å². The van der Waals surface area contributed by atoms with Gasteiger partial charge in [0.05, 0.1) is 18.4 Å². The first kappa shape index (κ1) is 12.5. The first-order chi connectivity index (χ1) is 9.20. The number of H-pyrrole nitrogens is 1. The second-order valence-corrected chi connectivity index (χ2v) is 3.35. The molecule has 0 fully saturated rings. The highest BCUT2D eigenvalue weighted by atomic mass is 16.5. The zero-order valence-electron chi connectivity index (χ0n) is 9.88. The zero-order chi connectivity index (χ0) is 13.7. The smallest absolute Gasteiger partial charge is 0.339 e. The number of amides is 2. The van der Waals surface area contributed by atoms with E-state index in [1.807, 2.05) is 0 Å². The molecule has 0 spiro atoms. The second-order valence-electron chi connectivity index (χ2n) is 3.35. The number of rotatable bonds is 3. The van der Waals surface area contributed by atoms with Crippen LogP contribution in [0.1, 0.15) is 10.4 Å². The van der Waals surface area contributed by atoms with Gasteiger partial charge in [0, 0.05) is 0 Å². The van der Waals surface area contributed by atoms with Gasteiger partial charge in [-0.3, -0.25) is 5.32 Å². The molecule has 1 heterocycles. The molecule has 0 saturated carbocycles. The number of anilines is 2. The number of nitrogens with zero attached hydrogens (tertiary/aromatic N) is 3. The van der Waals surface area contributed by atoms with E-state index < -0.39 is 12.0 Å². The highest BCUT2D eigenvalue weighted by Gasteiger charge is 2.13. The normalized spacial score (nSPS) is 9.74. The first-order valence-electron chi connectivity index (χ1n) is 5.19. The van der Waals surface area contributed by atoms with Crippen molar-refractivity contribution in [3.63, 3.8) is 0 Å². The fourth-order valence-electron chi connectivity index (χ4n) is 1.35. The van der Waals surface area contributed by atoms with Gasteiger partial charge in [-0.05, 0) is 17.3 Å². The Balaban J connectivity index is 2.10. The molecular formula is C10H10N6O3. The van der Waals surface area contributed by atoms with Gasteiger partial charge in [-0.25, -0.2) is 9.59 Å². The number of hydrogen-bond acceptors (Lipinski definition) is 6. The van der Waals surface area contributed by atoms with Crippen LogP contribution in [0.2, 0.25) is 0 Å². The summed E-state index contributed by atoms with van der Waals surface area (Å²) in [6, 6.07) is 5.85. The molecule has 0 saturated heterocycles. The number of esters is 1. The van der Waals surface area contributed by atoms with Gasteiger partial charge in [-0.2, -0.15) is 5.21 Å². The van der Waals surface area contributed by atoms with E-state index in [1.54, 1.807) is 18.2 Å².